The number of aromatic hydroxyl groups is 1. The van der Waals surface area contributed by atoms with Gasteiger partial charge >= 0.3 is 0 Å². The Hall–Kier alpha value is -2.56. The molecule has 5 heteroatoms. The van der Waals surface area contributed by atoms with Gasteiger partial charge in [0.25, 0.3) is 5.91 Å². The molecule has 0 spiro atoms. The number of benzene rings is 1. The summed E-state index contributed by atoms with van der Waals surface area (Å²) in [7, 11) is 0. The number of nitrogens with two attached hydrogens (primary N) is 1. The molecule has 0 saturated heterocycles. The summed E-state index contributed by atoms with van der Waals surface area (Å²) in [6.07, 6.45) is 2.69. The Labute approximate surface area is 104 Å². The largest absolute Gasteiger partial charge is 0.505 e. The number of amides is 1. The van der Waals surface area contributed by atoms with Crippen LogP contribution in [0.25, 0.3) is 0 Å². The third-order valence-corrected chi connectivity index (χ3v) is 2.45. The average molecular weight is 243 g/mol. The Morgan fingerprint density at radius 1 is 1.39 bits per heavy atom. The monoisotopic (exact) mass is 243 g/mol. The van der Waals surface area contributed by atoms with Crippen LogP contribution in [0.15, 0.2) is 42.7 Å². The first kappa shape index (κ1) is 11.9. The van der Waals surface area contributed by atoms with Crippen LogP contribution in [0, 0.1) is 0 Å². The van der Waals surface area contributed by atoms with Crippen LogP contribution in [-0.4, -0.2) is 16.0 Å². The van der Waals surface area contributed by atoms with E-state index in [9.17, 15) is 9.90 Å². The van der Waals surface area contributed by atoms with Gasteiger partial charge in [0.05, 0.1) is 11.8 Å². The maximum Gasteiger partial charge on any atom is 0.255 e. The zero-order valence-corrected chi connectivity index (χ0v) is 9.63. The van der Waals surface area contributed by atoms with E-state index in [1.165, 1.54) is 18.5 Å². The molecule has 1 aromatic heterocycles. The van der Waals surface area contributed by atoms with Crippen molar-refractivity contribution in [3.63, 3.8) is 0 Å². The number of nitrogens with one attached hydrogen (secondary N) is 1. The second kappa shape index (κ2) is 5.18. The fourth-order valence-corrected chi connectivity index (χ4v) is 1.56. The van der Waals surface area contributed by atoms with Gasteiger partial charge in [-0.1, -0.05) is 12.1 Å². The van der Waals surface area contributed by atoms with Crippen LogP contribution >= 0.6 is 0 Å². The lowest BCUT2D eigenvalue weighted by Gasteiger charge is -2.07. The van der Waals surface area contributed by atoms with Crippen LogP contribution in [0.3, 0.4) is 0 Å². The number of anilines is 1. The van der Waals surface area contributed by atoms with Crippen molar-refractivity contribution in [2.45, 2.75) is 6.54 Å². The van der Waals surface area contributed by atoms with E-state index < -0.39 is 0 Å². The summed E-state index contributed by atoms with van der Waals surface area (Å²) in [5.74, 6) is -0.486. The molecular weight excluding hydrogens is 230 g/mol. The summed E-state index contributed by atoms with van der Waals surface area (Å²) in [4.78, 5) is 15.5. The summed E-state index contributed by atoms with van der Waals surface area (Å²) in [5.41, 5.74) is 7.39. The highest BCUT2D eigenvalue weighted by Gasteiger charge is 2.09. The van der Waals surface area contributed by atoms with Gasteiger partial charge in [-0.2, -0.15) is 0 Å². The maximum atomic E-state index is 11.8. The van der Waals surface area contributed by atoms with Crippen LogP contribution < -0.4 is 11.1 Å². The number of hydrogen-bond acceptors (Lipinski definition) is 4. The first-order valence-electron chi connectivity index (χ1n) is 5.42. The Morgan fingerprint density at radius 3 is 2.94 bits per heavy atom. The molecule has 0 aliphatic carbocycles. The third kappa shape index (κ3) is 2.76. The van der Waals surface area contributed by atoms with Crippen molar-refractivity contribution in [2.75, 3.05) is 5.73 Å². The molecule has 1 amide bonds. The molecule has 2 aromatic rings. The average Bonchev–Trinajstić information content (AvgIpc) is 2.37. The highest BCUT2D eigenvalue weighted by molar-refractivity contribution is 5.96. The minimum atomic E-state index is -0.350. The maximum absolute atomic E-state index is 11.8. The molecule has 92 valence electrons. The van der Waals surface area contributed by atoms with Crippen molar-refractivity contribution in [3.8, 4) is 5.75 Å². The van der Waals surface area contributed by atoms with Crippen molar-refractivity contribution in [2.24, 2.45) is 0 Å². The second-order valence-corrected chi connectivity index (χ2v) is 3.82. The number of carbonyl (C=O) groups excluding carboxylic acids is 1. The van der Waals surface area contributed by atoms with Crippen molar-refractivity contribution in [3.05, 3.63) is 53.9 Å². The molecule has 2 rings (SSSR count). The zero-order valence-electron chi connectivity index (χ0n) is 9.63. The van der Waals surface area contributed by atoms with Crippen molar-refractivity contribution < 1.29 is 9.90 Å². The van der Waals surface area contributed by atoms with Gasteiger partial charge in [-0.05, 0) is 23.8 Å². The molecule has 0 bridgehead atoms. The van der Waals surface area contributed by atoms with Gasteiger partial charge in [0.2, 0.25) is 0 Å². The SMILES string of the molecule is Nc1cccc(CNC(=O)c2ccncc2O)c1. The summed E-state index contributed by atoms with van der Waals surface area (Å²) >= 11 is 0. The molecule has 0 aliphatic heterocycles. The Kier molecular flexibility index (Phi) is 3.43. The molecular formula is C13H13N3O2. The van der Waals surface area contributed by atoms with Crippen molar-refractivity contribution in [1.82, 2.24) is 10.3 Å². The highest BCUT2D eigenvalue weighted by atomic mass is 16.3. The Morgan fingerprint density at radius 2 is 2.22 bits per heavy atom. The van der Waals surface area contributed by atoms with E-state index in [0.29, 0.717) is 12.2 Å². The van der Waals surface area contributed by atoms with Crippen LogP contribution in [0.2, 0.25) is 0 Å². The molecule has 5 nitrogen and oxygen atoms in total. The smallest absolute Gasteiger partial charge is 0.255 e. The van der Waals surface area contributed by atoms with Crippen LogP contribution in [-0.2, 0) is 6.54 Å². The van der Waals surface area contributed by atoms with Gasteiger partial charge in [-0.15, -0.1) is 0 Å². The molecule has 0 aliphatic rings. The zero-order chi connectivity index (χ0) is 13.0. The van der Waals surface area contributed by atoms with Gasteiger partial charge in [0.1, 0.15) is 5.75 Å². The van der Waals surface area contributed by atoms with E-state index in [1.54, 1.807) is 12.1 Å². The normalized spacial score (nSPS) is 10.0. The highest BCUT2D eigenvalue weighted by Crippen LogP contribution is 2.13. The molecule has 0 saturated carbocycles. The Balaban J connectivity index is 2.03. The summed E-state index contributed by atoms with van der Waals surface area (Å²) in [6.45, 7) is 0.353. The van der Waals surface area contributed by atoms with E-state index in [4.69, 9.17) is 5.73 Å². The molecule has 4 N–H and O–H groups in total. The van der Waals surface area contributed by atoms with E-state index in [2.05, 4.69) is 10.3 Å². The minimum Gasteiger partial charge on any atom is -0.505 e. The van der Waals surface area contributed by atoms with E-state index in [-0.39, 0.29) is 17.2 Å². The molecule has 0 unspecified atom stereocenters. The fraction of sp³-hybridized carbons (Fsp3) is 0.0769. The van der Waals surface area contributed by atoms with Gasteiger partial charge in [0, 0.05) is 18.4 Å². The number of pyridine rings is 1. The molecule has 0 fully saturated rings. The van der Waals surface area contributed by atoms with Crippen LogP contribution in [0.4, 0.5) is 5.69 Å². The molecule has 1 heterocycles. The first-order chi connectivity index (χ1) is 8.66. The molecule has 0 radical (unpaired) electrons. The first-order valence-corrected chi connectivity index (χ1v) is 5.42. The standard InChI is InChI=1S/C13H13N3O2/c14-10-3-1-2-9(6-10)7-16-13(18)11-4-5-15-8-12(11)17/h1-6,8,17H,7,14H2,(H,16,18). The number of nitrogen functional groups attached to an aromatic ring is 1. The number of aromatic nitrogens is 1. The summed E-state index contributed by atoms with van der Waals surface area (Å²) in [6, 6.07) is 8.71. The lowest BCUT2D eigenvalue weighted by atomic mass is 10.2. The lowest BCUT2D eigenvalue weighted by Crippen LogP contribution is -2.22. The Bertz CT molecular complexity index is 570. The van der Waals surface area contributed by atoms with Crippen molar-refractivity contribution in [1.29, 1.82) is 0 Å². The molecule has 0 atom stereocenters. The van der Waals surface area contributed by atoms with Gasteiger partial charge in [-0.25, -0.2) is 0 Å². The number of carbonyl (C=O) groups is 1. The number of hydrogen-bond donors (Lipinski definition) is 3. The fourth-order valence-electron chi connectivity index (χ4n) is 1.56. The molecule has 1 aromatic carbocycles. The lowest BCUT2D eigenvalue weighted by molar-refractivity contribution is 0.0948. The van der Waals surface area contributed by atoms with E-state index in [1.807, 2.05) is 12.1 Å². The van der Waals surface area contributed by atoms with E-state index in [0.717, 1.165) is 5.56 Å². The quantitative estimate of drug-likeness (QED) is 0.709. The van der Waals surface area contributed by atoms with E-state index >= 15 is 0 Å². The third-order valence-electron chi connectivity index (χ3n) is 2.45. The van der Waals surface area contributed by atoms with Crippen LogP contribution in [0.5, 0.6) is 5.75 Å². The van der Waals surface area contributed by atoms with Crippen LogP contribution in [0.1, 0.15) is 15.9 Å². The van der Waals surface area contributed by atoms with Gasteiger partial charge in [-0.3, -0.25) is 9.78 Å². The van der Waals surface area contributed by atoms with Gasteiger partial charge < -0.3 is 16.2 Å². The summed E-state index contributed by atoms with van der Waals surface area (Å²) in [5, 5.41) is 12.2. The molecule has 18 heavy (non-hydrogen) atoms. The second-order valence-electron chi connectivity index (χ2n) is 3.82. The van der Waals surface area contributed by atoms with Gasteiger partial charge in [0.15, 0.2) is 0 Å². The number of rotatable bonds is 3. The summed E-state index contributed by atoms with van der Waals surface area (Å²) < 4.78 is 0. The predicted octanol–water partition coefficient (Wildman–Crippen LogP) is 1.30. The topological polar surface area (TPSA) is 88.2 Å². The predicted molar refractivity (Wildman–Crippen MR) is 67.9 cm³/mol. The van der Waals surface area contributed by atoms with Crippen molar-refractivity contribution >= 4 is 11.6 Å². The minimum absolute atomic E-state index is 0.137. The number of nitrogens with zero attached hydrogens (tertiary/aromatic N) is 1.